The Morgan fingerprint density at radius 2 is 2.32 bits per heavy atom. The van der Waals surface area contributed by atoms with Crippen LogP contribution in [0.4, 0.5) is 0 Å². The van der Waals surface area contributed by atoms with Crippen molar-refractivity contribution in [3.05, 3.63) is 28.2 Å². The Kier molecular flexibility index (Phi) is 5.67. The van der Waals surface area contributed by atoms with Gasteiger partial charge in [-0.25, -0.2) is 0 Å². The molecule has 3 nitrogen and oxygen atoms in total. The van der Waals surface area contributed by atoms with Gasteiger partial charge in [0.25, 0.3) is 0 Å². The topological polar surface area (TPSA) is 24.5 Å². The summed E-state index contributed by atoms with van der Waals surface area (Å²) >= 11 is 3.53. The minimum Gasteiger partial charge on any atom is -0.496 e. The number of nitrogens with one attached hydrogen (secondary N) is 1. The van der Waals surface area contributed by atoms with Crippen LogP contribution in [-0.4, -0.2) is 38.7 Å². The molecule has 0 saturated carbocycles. The van der Waals surface area contributed by atoms with Crippen molar-refractivity contribution in [2.75, 3.05) is 33.8 Å². The predicted molar refractivity (Wildman–Crippen MR) is 82.6 cm³/mol. The van der Waals surface area contributed by atoms with Crippen molar-refractivity contribution >= 4 is 15.9 Å². The standard InChI is InChI=1S/C15H23BrN2O/c1-18(8-6-12-5-7-17-10-12)11-13-9-14(16)3-4-15(13)19-2/h3-4,9,12,17H,5-8,10-11H2,1-2H3. The third-order valence-electron chi connectivity index (χ3n) is 3.76. The molecule has 1 fully saturated rings. The molecule has 1 atom stereocenters. The smallest absolute Gasteiger partial charge is 0.123 e. The summed E-state index contributed by atoms with van der Waals surface area (Å²) in [5, 5.41) is 3.43. The van der Waals surface area contributed by atoms with Gasteiger partial charge in [0.1, 0.15) is 5.75 Å². The number of methoxy groups -OCH3 is 1. The first kappa shape index (κ1) is 14.8. The molecule has 1 N–H and O–H groups in total. The van der Waals surface area contributed by atoms with Gasteiger partial charge in [-0.15, -0.1) is 0 Å². The van der Waals surface area contributed by atoms with E-state index in [1.165, 1.54) is 31.5 Å². The Morgan fingerprint density at radius 3 is 3.00 bits per heavy atom. The molecule has 0 aliphatic carbocycles. The van der Waals surface area contributed by atoms with Crippen LogP contribution in [0.1, 0.15) is 18.4 Å². The van der Waals surface area contributed by atoms with E-state index in [9.17, 15) is 0 Å². The van der Waals surface area contributed by atoms with E-state index < -0.39 is 0 Å². The fourth-order valence-corrected chi connectivity index (χ4v) is 3.01. The number of ether oxygens (including phenoxy) is 1. The molecule has 1 aromatic rings. The quantitative estimate of drug-likeness (QED) is 0.869. The molecule has 19 heavy (non-hydrogen) atoms. The SMILES string of the molecule is COc1ccc(Br)cc1CN(C)CCC1CCNC1. The molecule has 0 bridgehead atoms. The fourth-order valence-electron chi connectivity index (χ4n) is 2.60. The van der Waals surface area contributed by atoms with E-state index >= 15 is 0 Å². The van der Waals surface area contributed by atoms with Crippen molar-refractivity contribution in [2.24, 2.45) is 5.92 Å². The highest BCUT2D eigenvalue weighted by Crippen LogP contribution is 2.24. The van der Waals surface area contributed by atoms with Crippen molar-refractivity contribution in [1.29, 1.82) is 0 Å². The van der Waals surface area contributed by atoms with E-state index in [-0.39, 0.29) is 0 Å². The number of hydrogen-bond acceptors (Lipinski definition) is 3. The van der Waals surface area contributed by atoms with Gasteiger partial charge in [0.05, 0.1) is 7.11 Å². The third-order valence-corrected chi connectivity index (χ3v) is 4.26. The zero-order valence-corrected chi connectivity index (χ0v) is 13.4. The molecule has 106 valence electrons. The second-order valence-corrected chi connectivity index (χ2v) is 6.26. The summed E-state index contributed by atoms with van der Waals surface area (Å²) in [7, 11) is 3.92. The maximum atomic E-state index is 5.42. The van der Waals surface area contributed by atoms with Gasteiger partial charge in [-0.3, -0.25) is 0 Å². The fraction of sp³-hybridized carbons (Fsp3) is 0.600. The van der Waals surface area contributed by atoms with E-state index in [4.69, 9.17) is 4.74 Å². The molecular formula is C15H23BrN2O. The monoisotopic (exact) mass is 326 g/mol. The first-order valence-corrected chi connectivity index (χ1v) is 7.70. The molecule has 1 aromatic carbocycles. The first-order valence-electron chi connectivity index (χ1n) is 6.90. The Bertz CT molecular complexity index is 405. The average molecular weight is 327 g/mol. The van der Waals surface area contributed by atoms with Crippen molar-refractivity contribution in [1.82, 2.24) is 10.2 Å². The van der Waals surface area contributed by atoms with E-state index in [0.717, 1.165) is 29.2 Å². The molecule has 0 radical (unpaired) electrons. The highest BCUT2D eigenvalue weighted by molar-refractivity contribution is 9.10. The van der Waals surface area contributed by atoms with Gasteiger partial charge in [-0.1, -0.05) is 15.9 Å². The molecular weight excluding hydrogens is 304 g/mol. The summed E-state index contributed by atoms with van der Waals surface area (Å²) in [4.78, 5) is 2.38. The molecule has 1 aliphatic rings. The summed E-state index contributed by atoms with van der Waals surface area (Å²) < 4.78 is 6.53. The number of hydrogen-bond donors (Lipinski definition) is 1. The maximum absolute atomic E-state index is 5.42. The number of halogens is 1. The third kappa shape index (κ3) is 4.48. The van der Waals surface area contributed by atoms with E-state index in [1.807, 2.05) is 12.1 Å². The number of benzene rings is 1. The van der Waals surface area contributed by atoms with Crippen LogP contribution in [0.25, 0.3) is 0 Å². The molecule has 0 amide bonds. The molecule has 1 heterocycles. The zero-order chi connectivity index (χ0) is 13.7. The molecule has 2 rings (SSSR count). The number of nitrogens with zero attached hydrogens (tertiary/aromatic N) is 1. The highest BCUT2D eigenvalue weighted by Gasteiger charge is 2.15. The average Bonchev–Trinajstić information content (AvgIpc) is 2.90. The normalized spacial score (nSPS) is 19.1. The minimum atomic E-state index is 0.854. The Balaban J connectivity index is 1.86. The van der Waals surface area contributed by atoms with Gasteiger partial charge >= 0.3 is 0 Å². The lowest BCUT2D eigenvalue weighted by molar-refractivity contribution is 0.292. The summed E-state index contributed by atoms with van der Waals surface area (Å²) in [5.74, 6) is 1.82. The largest absolute Gasteiger partial charge is 0.496 e. The summed E-state index contributed by atoms with van der Waals surface area (Å²) in [6.07, 6.45) is 2.61. The summed E-state index contributed by atoms with van der Waals surface area (Å²) in [5.41, 5.74) is 1.24. The van der Waals surface area contributed by atoms with E-state index in [1.54, 1.807) is 7.11 Å². The van der Waals surface area contributed by atoms with Crippen LogP contribution in [0.15, 0.2) is 22.7 Å². The predicted octanol–water partition coefficient (Wildman–Crippen LogP) is 2.89. The minimum absolute atomic E-state index is 0.854. The van der Waals surface area contributed by atoms with Crippen molar-refractivity contribution < 1.29 is 4.74 Å². The number of rotatable bonds is 6. The Hall–Kier alpha value is -0.580. The molecule has 1 aliphatic heterocycles. The van der Waals surface area contributed by atoms with E-state index in [0.29, 0.717) is 0 Å². The lowest BCUT2D eigenvalue weighted by Crippen LogP contribution is -2.22. The molecule has 4 heteroatoms. The maximum Gasteiger partial charge on any atom is 0.123 e. The summed E-state index contributed by atoms with van der Waals surface area (Å²) in [6, 6.07) is 6.19. The van der Waals surface area contributed by atoms with Crippen LogP contribution in [0.3, 0.4) is 0 Å². The molecule has 0 spiro atoms. The van der Waals surface area contributed by atoms with Gasteiger partial charge in [-0.2, -0.15) is 0 Å². The Labute approximate surface area is 124 Å². The molecule has 1 saturated heterocycles. The van der Waals surface area contributed by atoms with Crippen LogP contribution in [0.5, 0.6) is 5.75 Å². The highest BCUT2D eigenvalue weighted by atomic mass is 79.9. The lowest BCUT2D eigenvalue weighted by atomic mass is 10.0. The van der Waals surface area contributed by atoms with Gasteiger partial charge in [0, 0.05) is 16.6 Å². The van der Waals surface area contributed by atoms with Crippen LogP contribution in [0.2, 0.25) is 0 Å². The van der Waals surface area contributed by atoms with E-state index in [2.05, 4.69) is 39.3 Å². The van der Waals surface area contributed by atoms with Crippen molar-refractivity contribution in [2.45, 2.75) is 19.4 Å². The Morgan fingerprint density at radius 1 is 1.47 bits per heavy atom. The van der Waals surface area contributed by atoms with Crippen molar-refractivity contribution in [3.63, 3.8) is 0 Å². The van der Waals surface area contributed by atoms with Gasteiger partial charge in [0.2, 0.25) is 0 Å². The second kappa shape index (κ2) is 7.27. The van der Waals surface area contributed by atoms with Crippen LogP contribution >= 0.6 is 15.9 Å². The summed E-state index contributed by atoms with van der Waals surface area (Å²) in [6.45, 7) is 4.45. The van der Waals surface area contributed by atoms with Crippen molar-refractivity contribution in [3.8, 4) is 5.75 Å². The second-order valence-electron chi connectivity index (χ2n) is 5.34. The zero-order valence-electron chi connectivity index (χ0n) is 11.8. The first-order chi connectivity index (χ1) is 9.19. The van der Waals surface area contributed by atoms with Gasteiger partial charge in [-0.05, 0) is 63.6 Å². The van der Waals surface area contributed by atoms with Crippen LogP contribution in [0, 0.1) is 5.92 Å². The lowest BCUT2D eigenvalue weighted by Gasteiger charge is -2.20. The van der Waals surface area contributed by atoms with Crippen LogP contribution in [-0.2, 0) is 6.54 Å². The van der Waals surface area contributed by atoms with Gasteiger partial charge in [0.15, 0.2) is 0 Å². The molecule has 1 unspecified atom stereocenters. The molecule has 0 aromatic heterocycles. The van der Waals surface area contributed by atoms with Gasteiger partial charge < -0.3 is 15.0 Å². The van der Waals surface area contributed by atoms with Crippen LogP contribution < -0.4 is 10.1 Å².